The Morgan fingerprint density at radius 2 is 0.267 bits per heavy atom. The van der Waals surface area contributed by atoms with E-state index < -0.39 is 0 Å². The van der Waals surface area contributed by atoms with Crippen LogP contribution in [0.4, 0.5) is 51.2 Å². The molecule has 27 rings (SSSR count). The molecule has 0 aliphatic heterocycles. The van der Waals surface area contributed by atoms with Crippen molar-refractivity contribution in [2.24, 2.45) is 0 Å². The fraction of sp³-hybridized carbons (Fsp3) is 0. The van der Waals surface area contributed by atoms with Crippen LogP contribution >= 0.6 is 0 Å². The molecule has 0 amide bonds. The van der Waals surface area contributed by atoms with Gasteiger partial charge in [-0.1, -0.05) is 400 Å². The van der Waals surface area contributed by atoms with E-state index in [0.29, 0.717) is 0 Å². The van der Waals surface area contributed by atoms with Gasteiger partial charge in [-0.15, -0.1) is 0 Å². The lowest BCUT2D eigenvalue weighted by molar-refractivity contribution is 1.17. The Bertz CT molecular complexity index is 8920. The molecule has 0 aliphatic carbocycles. The van der Waals surface area contributed by atoms with E-state index in [2.05, 4.69) is 623 Å². The number of fused-ring (bicyclic) bond motifs is 11. The summed E-state index contributed by atoms with van der Waals surface area (Å²) >= 11 is 0. The number of para-hydroxylation sites is 5. The molecule has 27 aromatic rings. The highest BCUT2D eigenvalue weighted by molar-refractivity contribution is 6.12. The van der Waals surface area contributed by atoms with Gasteiger partial charge < -0.3 is 28.4 Å². The first-order valence-corrected chi connectivity index (χ1v) is 50.0. The molecule has 0 radical (unpaired) electrons. The molecule has 0 fully saturated rings. The minimum absolute atomic E-state index is 1.10. The Hall–Kier alpha value is -19.4. The van der Waals surface area contributed by atoms with Gasteiger partial charge in [0.05, 0.1) is 33.1 Å². The Kier molecular flexibility index (Phi) is 23.7. The maximum atomic E-state index is 2.40. The molecule has 688 valence electrons. The third-order valence-electron chi connectivity index (χ3n) is 28.4. The lowest BCUT2D eigenvalue weighted by Crippen LogP contribution is -2.10. The second-order valence-electron chi connectivity index (χ2n) is 37.1. The van der Waals surface area contributed by atoms with Crippen LogP contribution in [0.15, 0.2) is 595 Å². The van der Waals surface area contributed by atoms with Gasteiger partial charge >= 0.3 is 0 Å². The molecule has 6 heteroatoms. The summed E-state index contributed by atoms with van der Waals surface area (Å²) in [5, 5.41) is 12.6. The quantitative estimate of drug-likeness (QED) is 0.0806. The summed E-state index contributed by atoms with van der Waals surface area (Å²) in [4.78, 5) is 7.02. The van der Waals surface area contributed by atoms with Crippen molar-refractivity contribution in [3.8, 4) is 95.0 Å². The van der Waals surface area contributed by atoms with Crippen molar-refractivity contribution >= 4 is 138 Å². The number of anilines is 9. The summed E-state index contributed by atoms with van der Waals surface area (Å²) in [6.45, 7) is 0. The first-order chi connectivity index (χ1) is 72.4. The minimum Gasteiger partial charge on any atom is -0.311 e. The second kappa shape index (κ2) is 39.4. The number of aromatic nitrogens is 3. The van der Waals surface area contributed by atoms with Crippen molar-refractivity contribution in [3.63, 3.8) is 0 Å². The molecule has 0 unspecified atom stereocenters. The van der Waals surface area contributed by atoms with Crippen molar-refractivity contribution in [2.75, 3.05) is 14.7 Å². The number of benzene rings is 24. The number of nitrogens with zero attached hydrogens (tertiary/aromatic N) is 6. The molecule has 6 nitrogen and oxygen atoms in total. The van der Waals surface area contributed by atoms with Crippen LogP contribution in [0, 0.1) is 0 Å². The third kappa shape index (κ3) is 17.4. The largest absolute Gasteiger partial charge is 0.311 e. The number of rotatable bonds is 19. The third-order valence-corrected chi connectivity index (χ3v) is 28.4. The summed E-state index contributed by atoms with van der Waals surface area (Å²) in [5.41, 5.74) is 37.5. The number of hydrogen-bond donors (Lipinski definition) is 0. The highest BCUT2D eigenvalue weighted by Crippen LogP contribution is 2.46. The average Bonchev–Trinajstić information content (AvgIpc) is 1.60. The minimum atomic E-state index is 1.10. The van der Waals surface area contributed by atoms with E-state index >= 15 is 0 Å². The van der Waals surface area contributed by atoms with Gasteiger partial charge in [-0.25, -0.2) is 0 Å². The highest BCUT2D eigenvalue weighted by Gasteiger charge is 2.23. The van der Waals surface area contributed by atoms with Crippen molar-refractivity contribution in [3.05, 3.63) is 595 Å². The van der Waals surface area contributed by atoms with Gasteiger partial charge in [0.1, 0.15) is 0 Å². The standard InChI is InChI=1S/C50H34N2.C48H34N2.C42H30N2/c1-3-11-39-33-41(19-17-35(39)9-1)37-21-25-43(26-22-37)51(44-27-23-38(24-28-44)42-20-18-36-10-2-4-12-40(36)34-42)45-29-31-46(32-30-45)52-49-15-7-5-13-47(49)48-14-6-8-16-50(48)52;1-4-12-35(13-5-1)38-20-25-41(26-21-38)49(42-27-22-39(23-28-42)36-14-6-2-7-15-36)43-29-31-44(32-30-43)50-47-19-11-10-18-45(47)46-33-24-40(34-48(46)50)37-16-8-3-9-17-37;1-3-11-31(12-4-1)33-19-23-35(24-20-33)43(36-25-21-34(22-26-36)32-13-5-2-6-14-32)37-27-29-38(30-28-37)44-41-17-9-7-15-39(41)40-16-8-10-18-42(40)44/h1-34H;1-34H;1-30H. The van der Waals surface area contributed by atoms with E-state index in [1.807, 2.05) is 0 Å². The normalized spacial score (nSPS) is 11.3. The van der Waals surface area contributed by atoms with Gasteiger partial charge in [-0.05, 0) is 294 Å². The smallest absolute Gasteiger partial charge is 0.0547 e. The zero-order valence-electron chi connectivity index (χ0n) is 80.3. The van der Waals surface area contributed by atoms with Crippen LogP contribution < -0.4 is 14.7 Å². The van der Waals surface area contributed by atoms with Gasteiger partial charge in [0.15, 0.2) is 0 Å². The molecule has 0 spiro atoms. The Labute approximate surface area is 849 Å². The molecule has 0 N–H and O–H groups in total. The van der Waals surface area contributed by atoms with Crippen LogP contribution in [0.2, 0.25) is 0 Å². The lowest BCUT2D eigenvalue weighted by Gasteiger charge is -2.26. The molecule has 0 saturated carbocycles. The molecular weight excluding hydrogens is 1770 g/mol. The van der Waals surface area contributed by atoms with Crippen molar-refractivity contribution in [1.82, 2.24) is 13.7 Å². The first-order valence-electron chi connectivity index (χ1n) is 50.0. The molecule has 3 aromatic heterocycles. The van der Waals surface area contributed by atoms with Gasteiger partial charge in [-0.2, -0.15) is 0 Å². The fourth-order valence-corrected chi connectivity index (χ4v) is 21.1. The van der Waals surface area contributed by atoms with E-state index in [9.17, 15) is 0 Å². The average molecular weight is 1860 g/mol. The molecule has 0 atom stereocenters. The van der Waals surface area contributed by atoms with Gasteiger partial charge in [-0.3, -0.25) is 0 Å². The highest BCUT2D eigenvalue weighted by atomic mass is 15.2. The van der Waals surface area contributed by atoms with E-state index in [1.165, 1.54) is 165 Å². The molecule has 24 aromatic carbocycles. The van der Waals surface area contributed by atoms with E-state index in [0.717, 1.165) is 68.2 Å². The van der Waals surface area contributed by atoms with Crippen LogP contribution in [-0.4, -0.2) is 13.7 Å². The lowest BCUT2D eigenvalue weighted by atomic mass is 10.00. The SMILES string of the molecule is c1ccc(-c2ccc(N(c3ccc(-c4ccccc4)cc3)c3ccc(-n4c5ccccc5c5ccc(-c6ccccc6)cc54)cc3)cc2)cc1.c1ccc(-c2ccc(N(c3ccc(-c4ccccc4)cc3)c3ccc(-n4c5ccccc5c5ccccc54)cc3)cc2)cc1.c1ccc2cc(-c3ccc(N(c4ccc(-c5ccc6ccccc6c5)cc4)c4ccc(-n5c6ccccc6c6ccccc65)cc4)cc3)ccc2c1. The zero-order chi connectivity index (χ0) is 97.0. The summed E-state index contributed by atoms with van der Waals surface area (Å²) < 4.78 is 7.13. The van der Waals surface area contributed by atoms with Crippen molar-refractivity contribution in [2.45, 2.75) is 0 Å². The van der Waals surface area contributed by atoms with Gasteiger partial charge in [0, 0.05) is 101 Å². The monoisotopic (exact) mass is 1860 g/mol. The fourth-order valence-electron chi connectivity index (χ4n) is 21.1. The predicted molar refractivity (Wildman–Crippen MR) is 619 cm³/mol. The summed E-state index contributed by atoms with van der Waals surface area (Å²) in [5.74, 6) is 0. The maximum Gasteiger partial charge on any atom is 0.0547 e. The zero-order valence-corrected chi connectivity index (χ0v) is 80.3. The second-order valence-corrected chi connectivity index (χ2v) is 37.1. The van der Waals surface area contributed by atoms with Crippen molar-refractivity contribution < 1.29 is 0 Å². The molecule has 0 aliphatic rings. The maximum absolute atomic E-state index is 2.40. The Morgan fingerprint density at radius 3 is 0.521 bits per heavy atom. The first kappa shape index (κ1) is 88.1. The predicted octanol–water partition coefficient (Wildman–Crippen LogP) is 38.7. The molecule has 3 heterocycles. The van der Waals surface area contributed by atoms with E-state index in [4.69, 9.17) is 0 Å². The summed E-state index contributed by atoms with van der Waals surface area (Å²) in [7, 11) is 0. The molecule has 0 saturated heterocycles. The van der Waals surface area contributed by atoms with Crippen LogP contribution in [0.1, 0.15) is 0 Å². The van der Waals surface area contributed by atoms with Crippen LogP contribution in [0.3, 0.4) is 0 Å². The van der Waals surface area contributed by atoms with Crippen LogP contribution in [-0.2, 0) is 0 Å². The molecule has 146 heavy (non-hydrogen) atoms. The molecular formula is C140H98N6. The van der Waals surface area contributed by atoms with E-state index in [1.54, 1.807) is 0 Å². The summed E-state index contributed by atoms with van der Waals surface area (Å²) in [6.07, 6.45) is 0. The Morgan fingerprint density at radius 1 is 0.103 bits per heavy atom. The van der Waals surface area contributed by atoms with Gasteiger partial charge in [0.2, 0.25) is 0 Å². The molecule has 0 bridgehead atoms. The van der Waals surface area contributed by atoms with Crippen LogP contribution in [0.5, 0.6) is 0 Å². The number of hydrogen-bond acceptors (Lipinski definition) is 3. The Balaban J connectivity index is 0.000000115. The van der Waals surface area contributed by atoms with Crippen molar-refractivity contribution in [1.29, 1.82) is 0 Å². The summed E-state index contributed by atoms with van der Waals surface area (Å²) in [6, 6.07) is 214. The van der Waals surface area contributed by atoms with Gasteiger partial charge in [0.25, 0.3) is 0 Å². The topological polar surface area (TPSA) is 24.5 Å². The van der Waals surface area contributed by atoms with E-state index in [-0.39, 0.29) is 0 Å². The van der Waals surface area contributed by atoms with Crippen LogP contribution in [0.25, 0.3) is 182 Å².